The third kappa shape index (κ3) is 5.37. The maximum absolute atomic E-state index is 10.9. The van der Waals surface area contributed by atoms with Crippen molar-refractivity contribution in [3.63, 3.8) is 0 Å². The summed E-state index contributed by atoms with van der Waals surface area (Å²) in [4.78, 5) is 0. The Morgan fingerprint density at radius 3 is 2.44 bits per heavy atom. The van der Waals surface area contributed by atoms with Gasteiger partial charge in [0.25, 0.3) is 0 Å². The van der Waals surface area contributed by atoms with Crippen LogP contribution in [0.4, 0.5) is 5.69 Å². The van der Waals surface area contributed by atoms with E-state index in [0.717, 1.165) is 62.1 Å². The van der Waals surface area contributed by atoms with E-state index < -0.39 is 0 Å². The van der Waals surface area contributed by atoms with Gasteiger partial charge in [-0.15, -0.1) is 0 Å². The Morgan fingerprint density at radius 1 is 0.912 bits per heavy atom. The number of aromatic hydroxyl groups is 1. The lowest BCUT2D eigenvalue weighted by atomic mass is 9.83. The van der Waals surface area contributed by atoms with Crippen LogP contribution in [0, 0.1) is 0 Å². The van der Waals surface area contributed by atoms with E-state index in [1.807, 2.05) is 12.1 Å². The summed E-state index contributed by atoms with van der Waals surface area (Å²) in [5.41, 5.74) is 15.3. The van der Waals surface area contributed by atoms with Gasteiger partial charge in [-0.25, -0.2) is 0 Å². The van der Waals surface area contributed by atoms with Crippen LogP contribution in [0.2, 0.25) is 0 Å². The van der Waals surface area contributed by atoms with E-state index >= 15 is 0 Å². The predicted octanol–water partition coefficient (Wildman–Crippen LogP) is 4.90. The molecule has 0 radical (unpaired) electrons. The molecule has 0 atom stereocenters. The molecule has 0 amide bonds. The third-order valence-electron chi connectivity index (χ3n) is 6.79. The molecule has 0 saturated carbocycles. The molecular formula is C29H36N2O3. The van der Waals surface area contributed by atoms with Gasteiger partial charge in [0.05, 0.1) is 19.4 Å². The number of anilines is 1. The van der Waals surface area contributed by atoms with E-state index in [9.17, 15) is 5.11 Å². The molecule has 0 spiro atoms. The normalized spacial score (nSPS) is 13.0. The molecule has 0 fully saturated rings. The zero-order valence-corrected chi connectivity index (χ0v) is 20.3. The number of hydrogen-bond donors (Lipinski definition) is 3. The number of nitrogens with two attached hydrogens (primary N) is 1. The van der Waals surface area contributed by atoms with Crippen molar-refractivity contribution in [1.82, 2.24) is 5.32 Å². The van der Waals surface area contributed by atoms with E-state index in [1.165, 1.54) is 28.7 Å². The minimum Gasteiger partial charge on any atom is -0.507 e. The minimum absolute atomic E-state index is 0.322. The van der Waals surface area contributed by atoms with Crippen LogP contribution in [0.25, 0.3) is 11.1 Å². The van der Waals surface area contributed by atoms with Crippen molar-refractivity contribution >= 4 is 5.69 Å². The Balaban J connectivity index is 1.63. The Labute approximate surface area is 202 Å². The van der Waals surface area contributed by atoms with Crippen LogP contribution in [0.15, 0.2) is 48.5 Å². The van der Waals surface area contributed by atoms with Crippen molar-refractivity contribution in [3.05, 3.63) is 76.3 Å². The molecule has 0 unspecified atom stereocenters. The Bertz CT molecular complexity index is 1110. The number of ether oxygens (including phenoxy) is 2. The Hall–Kier alpha value is -3.02. The van der Waals surface area contributed by atoms with Gasteiger partial charge >= 0.3 is 0 Å². The molecule has 180 valence electrons. The molecule has 0 saturated heterocycles. The van der Waals surface area contributed by atoms with Crippen LogP contribution >= 0.6 is 0 Å². The molecule has 4 N–H and O–H groups in total. The van der Waals surface area contributed by atoms with E-state index in [4.69, 9.17) is 15.2 Å². The Kier molecular flexibility index (Phi) is 8.09. The zero-order valence-electron chi connectivity index (χ0n) is 20.3. The number of nitrogen functional groups attached to an aromatic ring is 1. The number of rotatable bonds is 10. The van der Waals surface area contributed by atoms with Gasteiger partial charge in [-0.3, -0.25) is 0 Å². The number of aryl methyl sites for hydroxylation is 1. The molecule has 0 aliphatic heterocycles. The van der Waals surface area contributed by atoms with E-state index in [-0.39, 0.29) is 0 Å². The highest BCUT2D eigenvalue weighted by atomic mass is 16.5. The maximum atomic E-state index is 10.9. The van der Waals surface area contributed by atoms with Gasteiger partial charge in [-0.05, 0) is 84.2 Å². The number of hydrogen-bond acceptors (Lipinski definition) is 5. The van der Waals surface area contributed by atoms with Crippen LogP contribution in [0.1, 0.15) is 40.7 Å². The zero-order chi connectivity index (χ0) is 23.9. The average Bonchev–Trinajstić information content (AvgIpc) is 2.86. The molecular weight excluding hydrogens is 424 g/mol. The molecule has 3 aromatic rings. The number of phenolic OH excluding ortho intramolecular Hbond substituents is 1. The number of phenols is 1. The van der Waals surface area contributed by atoms with Gasteiger partial charge in [0.15, 0.2) is 0 Å². The van der Waals surface area contributed by atoms with Gasteiger partial charge in [0.2, 0.25) is 0 Å². The average molecular weight is 461 g/mol. The first-order chi connectivity index (χ1) is 16.6. The highest BCUT2D eigenvalue weighted by Crippen LogP contribution is 2.43. The number of benzene rings is 3. The van der Waals surface area contributed by atoms with Crippen LogP contribution in [-0.4, -0.2) is 39.0 Å². The molecule has 1 aliphatic rings. The van der Waals surface area contributed by atoms with Crippen LogP contribution in [-0.2, 0) is 30.4 Å². The number of fused-ring (bicyclic) bond motifs is 1. The van der Waals surface area contributed by atoms with E-state index in [1.54, 1.807) is 14.2 Å². The summed E-state index contributed by atoms with van der Waals surface area (Å²) in [6.45, 7) is 2.51. The molecule has 0 aromatic heterocycles. The number of methoxy groups -OCH3 is 2. The topological polar surface area (TPSA) is 76.7 Å². The molecule has 1 aliphatic carbocycles. The van der Waals surface area contributed by atoms with Crippen molar-refractivity contribution in [2.75, 3.05) is 39.6 Å². The second-order valence-corrected chi connectivity index (χ2v) is 9.00. The summed E-state index contributed by atoms with van der Waals surface area (Å²) in [6, 6.07) is 16.6. The summed E-state index contributed by atoms with van der Waals surface area (Å²) in [7, 11) is 3.36. The largest absolute Gasteiger partial charge is 0.507 e. The molecule has 34 heavy (non-hydrogen) atoms. The van der Waals surface area contributed by atoms with Gasteiger partial charge in [0, 0.05) is 25.6 Å². The molecule has 0 heterocycles. The summed E-state index contributed by atoms with van der Waals surface area (Å²) in [6.07, 6.45) is 6.03. The fourth-order valence-electron chi connectivity index (χ4n) is 4.92. The maximum Gasteiger partial charge on any atom is 0.142 e. The van der Waals surface area contributed by atoms with Crippen molar-refractivity contribution in [2.24, 2.45) is 0 Å². The quantitative estimate of drug-likeness (QED) is 0.296. The second-order valence-electron chi connectivity index (χ2n) is 9.00. The molecule has 5 nitrogen and oxygen atoms in total. The lowest BCUT2D eigenvalue weighted by Gasteiger charge is -2.23. The second kappa shape index (κ2) is 11.4. The van der Waals surface area contributed by atoms with E-state index in [2.05, 4.69) is 41.7 Å². The van der Waals surface area contributed by atoms with Gasteiger partial charge in [0.1, 0.15) is 11.5 Å². The SMILES string of the molecule is COCCNCCc1ccc(Cc2c(-c3c(O)ccc4c3CCCC4)ccc(OC)c2N)cc1. The first-order valence-corrected chi connectivity index (χ1v) is 12.2. The first kappa shape index (κ1) is 24.1. The summed E-state index contributed by atoms with van der Waals surface area (Å²) < 4.78 is 10.6. The summed E-state index contributed by atoms with van der Waals surface area (Å²) in [5, 5.41) is 14.3. The lowest BCUT2D eigenvalue weighted by molar-refractivity contribution is 0.199. The monoisotopic (exact) mass is 460 g/mol. The van der Waals surface area contributed by atoms with Gasteiger partial charge in [-0.2, -0.15) is 0 Å². The lowest BCUT2D eigenvalue weighted by Crippen LogP contribution is -2.21. The predicted molar refractivity (Wildman–Crippen MR) is 139 cm³/mol. The highest BCUT2D eigenvalue weighted by Gasteiger charge is 2.22. The van der Waals surface area contributed by atoms with Crippen molar-refractivity contribution in [3.8, 4) is 22.6 Å². The van der Waals surface area contributed by atoms with Crippen molar-refractivity contribution < 1.29 is 14.6 Å². The third-order valence-corrected chi connectivity index (χ3v) is 6.79. The van der Waals surface area contributed by atoms with Crippen molar-refractivity contribution in [1.29, 1.82) is 0 Å². The van der Waals surface area contributed by atoms with Gasteiger partial charge in [-0.1, -0.05) is 36.4 Å². The smallest absolute Gasteiger partial charge is 0.142 e. The Morgan fingerprint density at radius 2 is 1.68 bits per heavy atom. The first-order valence-electron chi connectivity index (χ1n) is 12.2. The van der Waals surface area contributed by atoms with Crippen LogP contribution in [0.5, 0.6) is 11.5 Å². The van der Waals surface area contributed by atoms with E-state index in [0.29, 0.717) is 23.6 Å². The summed E-state index contributed by atoms with van der Waals surface area (Å²) in [5.74, 6) is 0.990. The molecule has 4 rings (SSSR count). The molecule has 0 bridgehead atoms. The standard InChI is InChI=1S/C29H36N2O3/c1-33-18-17-31-16-15-20-7-9-21(10-8-20)19-25-24(12-14-27(34-2)29(25)30)28-23-6-4-3-5-22(23)11-13-26(28)32/h7-14,31-32H,3-6,15-19,30H2,1-2H3. The fourth-order valence-corrected chi connectivity index (χ4v) is 4.92. The molecule has 3 aromatic carbocycles. The van der Waals surface area contributed by atoms with Gasteiger partial charge < -0.3 is 25.6 Å². The minimum atomic E-state index is 0.322. The fraction of sp³-hybridized carbons (Fsp3) is 0.379. The van der Waals surface area contributed by atoms with Crippen LogP contribution < -0.4 is 15.8 Å². The highest BCUT2D eigenvalue weighted by molar-refractivity contribution is 5.83. The van der Waals surface area contributed by atoms with Crippen molar-refractivity contribution in [2.45, 2.75) is 38.5 Å². The molecule has 5 heteroatoms. The van der Waals surface area contributed by atoms with Crippen LogP contribution in [0.3, 0.4) is 0 Å². The number of nitrogens with one attached hydrogen (secondary N) is 1. The summed E-state index contributed by atoms with van der Waals surface area (Å²) >= 11 is 0.